The zero-order chi connectivity index (χ0) is 18.4. The molecule has 1 unspecified atom stereocenters. The van der Waals surface area contributed by atoms with E-state index in [4.69, 9.17) is 0 Å². The van der Waals surface area contributed by atoms with E-state index in [0.29, 0.717) is 24.3 Å². The molecule has 0 spiro atoms. The van der Waals surface area contributed by atoms with E-state index in [1.807, 2.05) is 14.1 Å². The zero-order valence-electron chi connectivity index (χ0n) is 14.9. The maximum absolute atomic E-state index is 12.4. The van der Waals surface area contributed by atoms with Crippen LogP contribution < -0.4 is 5.32 Å². The number of hydrogen-bond donors (Lipinski definition) is 1. The Hall–Kier alpha value is -2.41. The molecule has 1 aliphatic heterocycles. The van der Waals surface area contributed by atoms with Crippen molar-refractivity contribution in [1.29, 1.82) is 0 Å². The molecule has 0 aromatic heterocycles. The van der Waals surface area contributed by atoms with Crippen LogP contribution in [0.5, 0.6) is 0 Å². The molecule has 1 fully saturated rings. The largest absolute Gasteiger partial charge is 0.465 e. The van der Waals surface area contributed by atoms with Crippen LogP contribution in [0.4, 0.5) is 5.69 Å². The Balaban J connectivity index is 1.91. The first kappa shape index (κ1) is 18.9. The number of esters is 1. The molecule has 136 valence electrons. The maximum Gasteiger partial charge on any atom is 0.337 e. The lowest BCUT2D eigenvalue weighted by Gasteiger charge is -2.18. The molecule has 1 atom stereocenters. The third-order valence-electron chi connectivity index (χ3n) is 4.17. The number of carbonyl (C=O) groups excluding carboxylic acids is 3. The van der Waals surface area contributed by atoms with Crippen LogP contribution in [0.15, 0.2) is 24.3 Å². The van der Waals surface area contributed by atoms with Crippen LogP contribution in [-0.4, -0.2) is 68.4 Å². The number of nitrogens with zero attached hydrogens (tertiary/aromatic N) is 2. The van der Waals surface area contributed by atoms with E-state index in [1.165, 1.54) is 7.11 Å². The van der Waals surface area contributed by atoms with Gasteiger partial charge in [0.15, 0.2) is 0 Å². The van der Waals surface area contributed by atoms with Gasteiger partial charge >= 0.3 is 5.97 Å². The predicted molar refractivity (Wildman–Crippen MR) is 94.3 cm³/mol. The topological polar surface area (TPSA) is 78.9 Å². The molecular formula is C18H25N3O4. The number of benzene rings is 1. The number of rotatable bonds is 7. The fourth-order valence-corrected chi connectivity index (χ4v) is 2.83. The van der Waals surface area contributed by atoms with Crippen molar-refractivity contribution in [3.63, 3.8) is 0 Å². The van der Waals surface area contributed by atoms with E-state index in [0.717, 1.165) is 13.0 Å². The van der Waals surface area contributed by atoms with Crippen molar-refractivity contribution in [3.8, 4) is 0 Å². The Morgan fingerprint density at radius 3 is 2.80 bits per heavy atom. The van der Waals surface area contributed by atoms with Gasteiger partial charge in [0.2, 0.25) is 11.8 Å². The summed E-state index contributed by atoms with van der Waals surface area (Å²) in [5.41, 5.74) is 0.888. The predicted octanol–water partition coefficient (Wildman–Crippen LogP) is 1.21. The monoisotopic (exact) mass is 347 g/mol. The number of likely N-dealkylation sites (tertiary alicyclic amines) is 1. The van der Waals surface area contributed by atoms with Crippen molar-refractivity contribution < 1.29 is 19.1 Å². The minimum absolute atomic E-state index is 0.0159. The van der Waals surface area contributed by atoms with Gasteiger partial charge in [-0.2, -0.15) is 0 Å². The van der Waals surface area contributed by atoms with Crippen LogP contribution in [0.1, 0.15) is 23.2 Å². The van der Waals surface area contributed by atoms with Gasteiger partial charge in [0.25, 0.3) is 0 Å². The molecule has 0 bridgehead atoms. The Kier molecular flexibility index (Phi) is 6.52. The van der Waals surface area contributed by atoms with Gasteiger partial charge < -0.3 is 19.9 Å². The normalized spacial score (nSPS) is 17.0. The molecular weight excluding hydrogens is 322 g/mol. The fraction of sp³-hybridized carbons (Fsp3) is 0.500. The van der Waals surface area contributed by atoms with Gasteiger partial charge in [0.1, 0.15) is 0 Å². The fourth-order valence-electron chi connectivity index (χ4n) is 2.83. The van der Waals surface area contributed by atoms with Gasteiger partial charge in [-0.05, 0) is 45.3 Å². The zero-order valence-corrected chi connectivity index (χ0v) is 14.9. The molecule has 0 aliphatic carbocycles. The van der Waals surface area contributed by atoms with Gasteiger partial charge in [-0.25, -0.2) is 4.79 Å². The van der Waals surface area contributed by atoms with Crippen molar-refractivity contribution >= 4 is 23.5 Å². The highest BCUT2D eigenvalue weighted by Gasteiger charge is 2.33. The van der Waals surface area contributed by atoms with Crippen molar-refractivity contribution in [2.45, 2.75) is 12.8 Å². The van der Waals surface area contributed by atoms with E-state index < -0.39 is 5.97 Å². The smallest absolute Gasteiger partial charge is 0.337 e. The summed E-state index contributed by atoms with van der Waals surface area (Å²) in [7, 11) is 5.29. The highest BCUT2D eigenvalue weighted by Crippen LogP contribution is 2.21. The Morgan fingerprint density at radius 1 is 1.36 bits per heavy atom. The number of amides is 2. The third-order valence-corrected chi connectivity index (χ3v) is 4.17. The summed E-state index contributed by atoms with van der Waals surface area (Å²) in [6.07, 6.45) is 1.11. The van der Waals surface area contributed by atoms with Crippen LogP contribution in [0, 0.1) is 5.92 Å². The summed E-state index contributed by atoms with van der Waals surface area (Å²) < 4.78 is 4.67. The summed E-state index contributed by atoms with van der Waals surface area (Å²) in [4.78, 5) is 39.9. The molecule has 0 radical (unpaired) electrons. The molecule has 1 aliphatic rings. The van der Waals surface area contributed by atoms with E-state index in [2.05, 4.69) is 15.0 Å². The second kappa shape index (κ2) is 8.62. The minimum Gasteiger partial charge on any atom is -0.465 e. The quantitative estimate of drug-likeness (QED) is 0.750. The van der Waals surface area contributed by atoms with Crippen LogP contribution in [0.2, 0.25) is 0 Å². The third kappa shape index (κ3) is 5.29. The number of ether oxygens (including phenoxy) is 1. The van der Waals surface area contributed by atoms with Crippen molar-refractivity contribution in [2.24, 2.45) is 5.92 Å². The lowest BCUT2D eigenvalue weighted by atomic mass is 10.1. The first-order chi connectivity index (χ1) is 11.9. The standard InChI is InChI=1S/C18H25N3O4/c1-20(2)8-5-9-21-12-14(11-16(21)22)17(23)19-15-7-4-6-13(10-15)18(24)25-3/h4,6-7,10,14H,5,8-9,11-12H2,1-3H3,(H,19,23). The second-order valence-electron chi connectivity index (χ2n) is 6.46. The van der Waals surface area contributed by atoms with Crippen LogP contribution >= 0.6 is 0 Å². The molecule has 7 nitrogen and oxygen atoms in total. The average molecular weight is 347 g/mol. The Morgan fingerprint density at radius 2 is 2.12 bits per heavy atom. The number of hydrogen-bond acceptors (Lipinski definition) is 5. The molecule has 2 rings (SSSR count). The minimum atomic E-state index is -0.459. The average Bonchev–Trinajstić information content (AvgIpc) is 2.95. The molecule has 1 N–H and O–H groups in total. The van der Waals surface area contributed by atoms with E-state index in [9.17, 15) is 14.4 Å². The van der Waals surface area contributed by atoms with Crippen molar-refractivity contribution in [3.05, 3.63) is 29.8 Å². The highest BCUT2D eigenvalue weighted by atomic mass is 16.5. The Bertz CT molecular complexity index is 645. The van der Waals surface area contributed by atoms with Gasteiger partial charge in [-0.1, -0.05) is 6.07 Å². The van der Waals surface area contributed by atoms with E-state index in [-0.39, 0.29) is 24.2 Å². The van der Waals surface area contributed by atoms with Crippen LogP contribution in [-0.2, 0) is 14.3 Å². The summed E-state index contributed by atoms with van der Waals surface area (Å²) in [5.74, 6) is -1.01. The number of nitrogens with one attached hydrogen (secondary N) is 1. The van der Waals surface area contributed by atoms with E-state index in [1.54, 1.807) is 29.2 Å². The maximum atomic E-state index is 12.4. The van der Waals surface area contributed by atoms with Crippen molar-refractivity contribution in [1.82, 2.24) is 9.80 Å². The van der Waals surface area contributed by atoms with E-state index >= 15 is 0 Å². The SMILES string of the molecule is COC(=O)c1cccc(NC(=O)C2CC(=O)N(CCCN(C)C)C2)c1. The second-order valence-corrected chi connectivity index (χ2v) is 6.46. The van der Waals surface area contributed by atoms with Gasteiger partial charge in [-0.15, -0.1) is 0 Å². The molecule has 7 heteroatoms. The summed E-state index contributed by atoms with van der Waals surface area (Å²) >= 11 is 0. The number of methoxy groups -OCH3 is 1. The van der Waals surface area contributed by atoms with Gasteiger partial charge in [-0.3, -0.25) is 9.59 Å². The van der Waals surface area contributed by atoms with Gasteiger partial charge in [0, 0.05) is 25.2 Å². The first-order valence-electron chi connectivity index (χ1n) is 8.32. The summed E-state index contributed by atoms with van der Waals surface area (Å²) in [6.45, 7) is 2.01. The number of carbonyl (C=O) groups is 3. The van der Waals surface area contributed by atoms with Gasteiger partial charge in [0.05, 0.1) is 18.6 Å². The molecule has 1 aromatic rings. The summed E-state index contributed by atoms with van der Waals surface area (Å²) in [6, 6.07) is 6.56. The van der Waals surface area contributed by atoms with Crippen LogP contribution in [0.3, 0.4) is 0 Å². The molecule has 0 saturated carbocycles. The lowest BCUT2D eigenvalue weighted by Crippen LogP contribution is -2.30. The lowest BCUT2D eigenvalue weighted by molar-refractivity contribution is -0.128. The first-order valence-corrected chi connectivity index (χ1v) is 8.32. The summed E-state index contributed by atoms with van der Waals surface area (Å²) in [5, 5.41) is 2.78. The molecule has 1 saturated heterocycles. The number of anilines is 1. The van der Waals surface area contributed by atoms with Crippen LogP contribution in [0.25, 0.3) is 0 Å². The molecule has 1 heterocycles. The van der Waals surface area contributed by atoms with Crippen molar-refractivity contribution in [2.75, 3.05) is 46.2 Å². The Labute approximate surface area is 147 Å². The molecule has 1 aromatic carbocycles. The molecule has 2 amide bonds. The highest BCUT2D eigenvalue weighted by molar-refractivity contribution is 5.98. The molecule has 25 heavy (non-hydrogen) atoms.